The van der Waals surface area contributed by atoms with Crippen LogP contribution < -0.4 is 0 Å². The van der Waals surface area contributed by atoms with Gasteiger partial charge in [-0.05, 0) is 41.9 Å². The van der Waals surface area contributed by atoms with Crippen molar-refractivity contribution in [1.29, 1.82) is 0 Å². The van der Waals surface area contributed by atoms with Crippen LogP contribution in [-0.2, 0) is 20.7 Å². The third-order valence-corrected chi connectivity index (χ3v) is 5.70. The second-order valence-corrected chi connectivity index (χ2v) is 7.89. The van der Waals surface area contributed by atoms with Crippen molar-refractivity contribution in [2.45, 2.75) is 44.1 Å². The van der Waals surface area contributed by atoms with E-state index >= 15 is 0 Å². The summed E-state index contributed by atoms with van der Waals surface area (Å²) >= 11 is 0. The van der Waals surface area contributed by atoms with Crippen LogP contribution in [0.1, 0.15) is 54.4 Å². The molecule has 0 heterocycles. The highest BCUT2D eigenvalue weighted by molar-refractivity contribution is 5.88. The molecule has 5 heteroatoms. The van der Waals surface area contributed by atoms with Gasteiger partial charge in [0, 0.05) is 18.8 Å². The zero-order chi connectivity index (χ0) is 22.1. The number of carbonyl (C=O) groups excluding carboxylic acids is 1. The quantitative estimate of drug-likeness (QED) is 0.475. The summed E-state index contributed by atoms with van der Waals surface area (Å²) in [5.41, 5.74) is 3.03. The second-order valence-electron chi connectivity index (χ2n) is 7.89. The highest BCUT2D eigenvalue weighted by atomic mass is 16.5. The van der Waals surface area contributed by atoms with E-state index < -0.39 is 12.1 Å². The molecule has 1 aliphatic rings. The summed E-state index contributed by atoms with van der Waals surface area (Å²) in [6.45, 7) is -0.282. The zero-order valence-electron chi connectivity index (χ0n) is 17.5. The van der Waals surface area contributed by atoms with E-state index in [1.54, 1.807) is 0 Å². The van der Waals surface area contributed by atoms with E-state index in [1.807, 2.05) is 42.5 Å². The number of Topliss-reactive ketones (excluding diaryl/α,β-unsaturated/α-hetero) is 1. The number of carboxylic acid groups (broad SMARTS) is 1. The fourth-order valence-corrected chi connectivity index (χ4v) is 4.07. The number of benzene rings is 2. The maximum Gasteiger partial charge on any atom is 0.329 e. The van der Waals surface area contributed by atoms with Crippen LogP contribution in [0.3, 0.4) is 0 Å². The number of aryl methyl sites for hydroxylation is 1. The molecular formula is C26H28O5. The molecule has 0 aromatic heterocycles. The average molecular weight is 421 g/mol. The molecule has 5 nitrogen and oxygen atoms in total. The van der Waals surface area contributed by atoms with Crippen molar-refractivity contribution in [2.75, 3.05) is 13.2 Å². The summed E-state index contributed by atoms with van der Waals surface area (Å²) in [4.78, 5) is 22.9. The standard InChI is InChI=1S/C26H28O5/c27-23(15-9-19-6-2-1-3-7-19)20-10-12-22(13-11-20)26-21(14-16-24(26)28)8-4-5-17-31-18-25(29)30/h1-3,6-7,10-13,21,23,26-27H,8-9,14-18H2,(H,29,30). The molecule has 0 spiro atoms. The third-order valence-electron chi connectivity index (χ3n) is 5.70. The van der Waals surface area contributed by atoms with Crippen molar-refractivity contribution in [2.24, 2.45) is 5.92 Å². The number of carboxylic acids is 1. The average Bonchev–Trinajstić information content (AvgIpc) is 3.15. The van der Waals surface area contributed by atoms with Crippen LogP contribution in [0, 0.1) is 17.8 Å². The first-order valence-corrected chi connectivity index (χ1v) is 10.6. The fourth-order valence-electron chi connectivity index (χ4n) is 4.07. The monoisotopic (exact) mass is 420 g/mol. The number of ketones is 1. The molecule has 3 atom stereocenters. The number of aliphatic carboxylic acids is 1. The first kappa shape index (κ1) is 22.7. The Hall–Kier alpha value is -2.94. The lowest BCUT2D eigenvalue weighted by Gasteiger charge is -2.18. The Morgan fingerprint density at radius 1 is 1.10 bits per heavy atom. The smallest absolute Gasteiger partial charge is 0.329 e. The summed E-state index contributed by atoms with van der Waals surface area (Å²) in [7, 11) is 0. The highest BCUT2D eigenvalue weighted by Crippen LogP contribution is 2.39. The number of rotatable bonds is 9. The third kappa shape index (κ3) is 6.78. The lowest BCUT2D eigenvalue weighted by Crippen LogP contribution is -2.13. The number of hydrogen-bond donors (Lipinski definition) is 2. The van der Waals surface area contributed by atoms with Gasteiger partial charge in [0.2, 0.25) is 0 Å². The number of ether oxygens (including phenoxy) is 1. The molecule has 2 aromatic carbocycles. The molecule has 31 heavy (non-hydrogen) atoms. The van der Waals surface area contributed by atoms with Gasteiger partial charge in [-0.2, -0.15) is 0 Å². The number of aliphatic hydroxyl groups is 1. The van der Waals surface area contributed by atoms with Gasteiger partial charge in [0.05, 0.1) is 6.10 Å². The van der Waals surface area contributed by atoms with Crippen LogP contribution in [0.5, 0.6) is 0 Å². The summed E-state index contributed by atoms with van der Waals surface area (Å²) in [6, 6.07) is 17.8. The van der Waals surface area contributed by atoms with Gasteiger partial charge in [-0.15, -0.1) is 5.92 Å². The lowest BCUT2D eigenvalue weighted by molar-refractivity contribution is -0.141. The van der Waals surface area contributed by atoms with Gasteiger partial charge in [-0.25, -0.2) is 4.79 Å². The summed E-state index contributed by atoms with van der Waals surface area (Å²) in [5, 5.41) is 19.1. The normalized spacial score (nSPS) is 18.9. The predicted molar refractivity (Wildman–Crippen MR) is 117 cm³/mol. The van der Waals surface area contributed by atoms with Gasteiger partial charge >= 0.3 is 5.97 Å². The van der Waals surface area contributed by atoms with Crippen LogP contribution in [0.15, 0.2) is 54.6 Å². The molecule has 3 rings (SSSR count). The Morgan fingerprint density at radius 2 is 1.84 bits per heavy atom. The highest BCUT2D eigenvalue weighted by Gasteiger charge is 2.35. The van der Waals surface area contributed by atoms with Crippen molar-refractivity contribution in [3.8, 4) is 11.8 Å². The van der Waals surface area contributed by atoms with Crippen LogP contribution in [-0.4, -0.2) is 35.2 Å². The molecule has 0 saturated heterocycles. The van der Waals surface area contributed by atoms with E-state index in [9.17, 15) is 14.7 Å². The minimum Gasteiger partial charge on any atom is -0.480 e. The van der Waals surface area contributed by atoms with E-state index in [1.165, 1.54) is 5.56 Å². The molecule has 1 fully saturated rings. The Balaban J connectivity index is 1.56. The van der Waals surface area contributed by atoms with Gasteiger partial charge in [0.25, 0.3) is 0 Å². The van der Waals surface area contributed by atoms with Crippen molar-refractivity contribution < 1.29 is 24.5 Å². The Labute approximate surface area is 183 Å². The van der Waals surface area contributed by atoms with E-state index in [4.69, 9.17) is 9.84 Å². The maximum absolute atomic E-state index is 12.5. The van der Waals surface area contributed by atoms with Gasteiger partial charge in [-0.3, -0.25) is 4.79 Å². The number of aliphatic hydroxyl groups excluding tert-OH is 1. The van der Waals surface area contributed by atoms with E-state index in [0.717, 1.165) is 24.0 Å². The largest absolute Gasteiger partial charge is 0.480 e. The molecule has 0 bridgehead atoms. The Kier molecular flexibility index (Phi) is 8.40. The number of hydrogen-bond acceptors (Lipinski definition) is 4. The van der Waals surface area contributed by atoms with Crippen LogP contribution >= 0.6 is 0 Å². The topological polar surface area (TPSA) is 83.8 Å². The molecule has 2 aromatic rings. The van der Waals surface area contributed by atoms with Crippen molar-refractivity contribution in [3.63, 3.8) is 0 Å². The molecular weight excluding hydrogens is 392 g/mol. The second kappa shape index (κ2) is 11.5. The Morgan fingerprint density at radius 3 is 2.55 bits per heavy atom. The molecule has 0 aliphatic heterocycles. The van der Waals surface area contributed by atoms with Crippen molar-refractivity contribution >= 4 is 11.8 Å². The van der Waals surface area contributed by atoms with Crippen molar-refractivity contribution in [1.82, 2.24) is 0 Å². The summed E-state index contributed by atoms with van der Waals surface area (Å²) in [6.07, 6.45) is 2.84. The molecule has 1 aliphatic carbocycles. The summed E-state index contributed by atoms with van der Waals surface area (Å²) in [5.74, 6) is 5.03. The van der Waals surface area contributed by atoms with Crippen LogP contribution in [0.4, 0.5) is 0 Å². The summed E-state index contributed by atoms with van der Waals surface area (Å²) < 4.78 is 4.91. The van der Waals surface area contributed by atoms with E-state index in [0.29, 0.717) is 19.3 Å². The molecule has 1 saturated carbocycles. The van der Waals surface area contributed by atoms with E-state index in [2.05, 4.69) is 24.0 Å². The Bertz CT molecular complexity index is 924. The molecule has 2 N–H and O–H groups in total. The first-order chi connectivity index (χ1) is 15.0. The van der Waals surface area contributed by atoms with Crippen LogP contribution in [0.25, 0.3) is 0 Å². The van der Waals surface area contributed by atoms with Crippen molar-refractivity contribution in [3.05, 3.63) is 71.3 Å². The predicted octanol–water partition coefficient (Wildman–Crippen LogP) is 3.91. The minimum absolute atomic E-state index is 0.0766. The van der Waals surface area contributed by atoms with Crippen LogP contribution in [0.2, 0.25) is 0 Å². The lowest BCUT2D eigenvalue weighted by atomic mass is 9.85. The molecule has 0 radical (unpaired) electrons. The minimum atomic E-state index is -1.02. The number of carbonyl (C=O) groups is 2. The van der Waals surface area contributed by atoms with Gasteiger partial charge in [0.1, 0.15) is 19.0 Å². The van der Waals surface area contributed by atoms with Gasteiger partial charge in [-0.1, -0.05) is 60.5 Å². The van der Waals surface area contributed by atoms with Gasteiger partial charge < -0.3 is 14.9 Å². The zero-order valence-corrected chi connectivity index (χ0v) is 17.5. The first-order valence-electron chi connectivity index (χ1n) is 10.6. The van der Waals surface area contributed by atoms with E-state index in [-0.39, 0.29) is 30.8 Å². The molecule has 3 unspecified atom stereocenters. The molecule has 0 amide bonds. The molecule has 162 valence electrons. The fraction of sp³-hybridized carbons (Fsp3) is 0.385. The maximum atomic E-state index is 12.5. The SMILES string of the molecule is O=C(O)COCC#CCC1CCC(=O)C1c1ccc(C(O)CCc2ccccc2)cc1. The van der Waals surface area contributed by atoms with Gasteiger partial charge in [0.15, 0.2) is 0 Å².